The minimum absolute atomic E-state index is 0.169. The Labute approximate surface area is 190 Å². The zero-order valence-electron chi connectivity index (χ0n) is 19.0. The van der Waals surface area contributed by atoms with E-state index in [1.54, 1.807) is 0 Å². The predicted octanol–water partition coefficient (Wildman–Crippen LogP) is 3.34. The van der Waals surface area contributed by atoms with E-state index >= 15 is 0 Å². The molecule has 1 aliphatic rings. The van der Waals surface area contributed by atoms with Crippen LogP contribution in [0.25, 0.3) is 0 Å². The number of hydrogen-bond donors (Lipinski definition) is 2. The van der Waals surface area contributed by atoms with E-state index in [9.17, 15) is 18.0 Å². The van der Waals surface area contributed by atoms with Crippen LogP contribution >= 0.6 is 0 Å². The molecule has 1 fully saturated rings. The fourth-order valence-electron chi connectivity index (χ4n) is 4.07. The average Bonchev–Trinajstić information content (AvgIpc) is 2.74. The molecule has 8 heteroatoms. The van der Waals surface area contributed by atoms with Gasteiger partial charge in [-0.25, -0.2) is 8.42 Å². The van der Waals surface area contributed by atoms with Crippen molar-refractivity contribution < 1.29 is 18.0 Å². The van der Waals surface area contributed by atoms with E-state index in [1.807, 2.05) is 32.0 Å². The lowest BCUT2D eigenvalue weighted by atomic mass is 9.94. The number of nitrogens with zero attached hydrogens (tertiary/aromatic N) is 1. The van der Waals surface area contributed by atoms with E-state index in [4.69, 9.17) is 0 Å². The fourth-order valence-corrected chi connectivity index (χ4v) is 5.75. The van der Waals surface area contributed by atoms with Gasteiger partial charge in [0.15, 0.2) is 0 Å². The second-order valence-electron chi connectivity index (χ2n) is 8.77. The Morgan fingerprint density at radius 2 is 1.62 bits per heavy atom. The van der Waals surface area contributed by atoms with Crippen LogP contribution in [0.1, 0.15) is 41.8 Å². The molecule has 0 aromatic heterocycles. The minimum Gasteiger partial charge on any atom is -0.343 e. The Morgan fingerprint density at radius 1 is 1.00 bits per heavy atom. The van der Waals surface area contributed by atoms with Gasteiger partial charge >= 0.3 is 0 Å². The van der Waals surface area contributed by atoms with Crippen LogP contribution in [0, 0.1) is 25.7 Å². The lowest BCUT2D eigenvalue weighted by Gasteiger charge is -2.34. The summed E-state index contributed by atoms with van der Waals surface area (Å²) < 4.78 is 27.5. The topological polar surface area (TPSA) is 95.6 Å². The molecule has 2 aromatic rings. The van der Waals surface area contributed by atoms with Crippen molar-refractivity contribution in [1.29, 1.82) is 0 Å². The Hall–Kier alpha value is -2.71. The molecule has 2 atom stereocenters. The maximum Gasteiger partial charge on any atom is 0.251 e. The van der Waals surface area contributed by atoms with Crippen molar-refractivity contribution in [3.63, 3.8) is 0 Å². The highest BCUT2D eigenvalue weighted by atomic mass is 32.2. The number of sulfonamides is 1. The monoisotopic (exact) mass is 457 g/mol. The molecule has 0 aliphatic carbocycles. The normalized spacial score (nSPS) is 19.4. The van der Waals surface area contributed by atoms with Crippen molar-refractivity contribution in [1.82, 2.24) is 9.62 Å². The highest BCUT2D eigenvalue weighted by Crippen LogP contribution is 2.26. The number of nitrogens with one attached hydrogen (secondary N) is 2. The molecule has 1 aliphatic heterocycles. The number of piperidine rings is 1. The van der Waals surface area contributed by atoms with Crippen LogP contribution < -0.4 is 10.6 Å². The maximum absolute atomic E-state index is 13.0. The van der Waals surface area contributed by atoms with E-state index in [0.29, 0.717) is 36.2 Å². The van der Waals surface area contributed by atoms with Gasteiger partial charge in [-0.05, 0) is 73.6 Å². The fraction of sp³-hybridized carbons (Fsp3) is 0.417. The molecule has 0 spiro atoms. The number of rotatable bonds is 6. The summed E-state index contributed by atoms with van der Waals surface area (Å²) in [5.74, 6) is -0.147. The standard InChI is InChI=1S/C24H31N3O4S/c1-16-12-17(2)15-27(14-16)32(30,31)21-10-8-20(9-11-21)24(29)25-13-23(28)26-22-7-5-6-18(3)19(22)4/h5-11,16-17H,12-15H2,1-4H3,(H,25,29)(H,26,28)/t16-,17+. The summed E-state index contributed by atoms with van der Waals surface area (Å²) in [5, 5.41) is 5.37. The molecule has 2 aromatic carbocycles. The molecule has 0 unspecified atom stereocenters. The average molecular weight is 458 g/mol. The second-order valence-corrected chi connectivity index (χ2v) is 10.7. The Kier molecular flexibility index (Phi) is 7.36. The SMILES string of the molecule is Cc1cccc(NC(=O)CNC(=O)c2ccc(S(=O)(=O)N3C[C@H](C)C[C@H](C)C3)cc2)c1C. The van der Waals surface area contributed by atoms with Gasteiger partial charge in [-0.15, -0.1) is 0 Å². The van der Waals surface area contributed by atoms with Gasteiger partial charge in [0.1, 0.15) is 0 Å². The number of carbonyl (C=O) groups is 2. The van der Waals surface area contributed by atoms with Crippen LogP contribution in [0.4, 0.5) is 5.69 Å². The minimum atomic E-state index is -3.60. The van der Waals surface area contributed by atoms with Crippen molar-refractivity contribution in [2.24, 2.45) is 11.8 Å². The van der Waals surface area contributed by atoms with Crippen molar-refractivity contribution in [3.05, 3.63) is 59.2 Å². The van der Waals surface area contributed by atoms with E-state index < -0.39 is 15.9 Å². The van der Waals surface area contributed by atoms with E-state index in [-0.39, 0.29) is 17.3 Å². The molecule has 0 saturated carbocycles. The number of benzene rings is 2. The van der Waals surface area contributed by atoms with Gasteiger partial charge in [-0.2, -0.15) is 4.31 Å². The van der Waals surface area contributed by atoms with Crippen LogP contribution in [0.5, 0.6) is 0 Å². The van der Waals surface area contributed by atoms with Crippen LogP contribution in [0.15, 0.2) is 47.4 Å². The zero-order valence-corrected chi connectivity index (χ0v) is 19.8. The van der Waals surface area contributed by atoms with Crippen molar-refractivity contribution in [2.75, 3.05) is 25.0 Å². The summed E-state index contributed by atoms with van der Waals surface area (Å²) in [6.07, 6.45) is 1.02. The van der Waals surface area contributed by atoms with Crippen molar-refractivity contribution in [2.45, 2.75) is 39.0 Å². The van der Waals surface area contributed by atoms with Crippen LogP contribution in [0.3, 0.4) is 0 Å². The van der Waals surface area contributed by atoms with Gasteiger partial charge in [0.25, 0.3) is 5.91 Å². The van der Waals surface area contributed by atoms with E-state index in [1.165, 1.54) is 28.6 Å². The molecular weight excluding hydrogens is 426 g/mol. The third-order valence-electron chi connectivity index (χ3n) is 5.88. The lowest BCUT2D eigenvalue weighted by molar-refractivity contribution is -0.115. The predicted molar refractivity (Wildman–Crippen MR) is 125 cm³/mol. The Morgan fingerprint density at radius 3 is 2.25 bits per heavy atom. The Bertz CT molecular complexity index is 1090. The first-order valence-electron chi connectivity index (χ1n) is 10.8. The summed E-state index contributed by atoms with van der Waals surface area (Å²) in [6, 6.07) is 11.5. The number of carbonyl (C=O) groups excluding carboxylic acids is 2. The van der Waals surface area contributed by atoms with E-state index in [0.717, 1.165) is 17.5 Å². The molecule has 7 nitrogen and oxygen atoms in total. The molecule has 1 saturated heterocycles. The third-order valence-corrected chi connectivity index (χ3v) is 7.72. The first kappa shape index (κ1) is 23.9. The van der Waals surface area contributed by atoms with E-state index in [2.05, 4.69) is 24.5 Å². The molecule has 32 heavy (non-hydrogen) atoms. The molecule has 172 valence electrons. The summed E-state index contributed by atoms with van der Waals surface area (Å²) in [4.78, 5) is 24.8. The summed E-state index contributed by atoms with van der Waals surface area (Å²) in [5.41, 5.74) is 3.04. The van der Waals surface area contributed by atoms with Crippen molar-refractivity contribution in [3.8, 4) is 0 Å². The summed E-state index contributed by atoms with van der Waals surface area (Å²) in [7, 11) is -3.60. The summed E-state index contributed by atoms with van der Waals surface area (Å²) in [6.45, 7) is 8.82. The first-order valence-corrected chi connectivity index (χ1v) is 12.3. The molecule has 2 N–H and O–H groups in total. The Balaban J connectivity index is 1.60. The third kappa shape index (κ3) is 5.55. The van der Waals surface area contributed by atoms with Gasteiger partial charge in [-0.3, -0.25) is 9.59 Å². The maximum atomic E-state index is 13.0. The number of hydrogen-bond acceptors (Lipinski definition) is 4. The van der Waals surface area contributed by atoms with Gasteiger partial charge in [-0.1, -0.05) is 26.0 Å². The highest BCUT2D eigenvalue weighted by Gasteiger charge is 2.31. The summed E-state index contributed by atoms with van der Waals surface area (Å²) >= 11 is 0. The van der Waals surface area contributed by atoms with Gasteiger partial charge in [0.05, 0.1) is 11.4 Å². The second kappa shape index (κ2) is 9.83. The van der Waals surface area contributed by atoms with Crippen LogP contribution in [-0.4, -0.2) is 44.2 Å². The molecule has 3 rings (SSSR count). The number of anilines is 1. The first-order chi connectivity index (χ1) is 15.1. The number of amides is 2. The van der Waals surface area contributed by atoms with Crippen LogP contribution in [0.2, 0.25) is 0 Å². The molecule has 1 heterocycles. The zero-order chi connectivity index (χ0) is 23.5. The van der Waals surface area contributed by atoms with Crippen molar-refractivity contribution >= 4 is 27.5 Å². The highest BCUT2D eigenvalue weighted by molar-refractivity contribution is 7.89. The van der Waals surface area contributed by atoms with Gasteiger partial charge in [0.2, 0.25) is 15.9 Å². The molecular formula is C24H31N3O4S. The van der Waals surface area contributed by atoms with Crippen LogP contribution in [-0.2, 0) is 14.8 Å². The molecule has 0 radical (unpaired) electrons. The number of aryl methyl sites for hydroxylation is 1. The molecule has 0 bridgehead atoms. The smallest absolute Gasteiger partial charge is 0.251 e. The largest absolute Gasteiger partial charge is 0.343 e. The van der Waals surface area contributed by atoms with Gasteiger partial charge in [0, 0.05) is 24.3 Å². The lowest BCUT2D eigenvalue weighted by Crippen LogP contribution is -2.42. The quantitative estimate of drug-likeness (QED) is 0.695. The van der Waals surface area contributed by atoms with Gasteiger partial charge < -0.3 is 10.6 Å². The molecule has 2 amide bonds.